The van der Waals surface area contributed by atoms with Gasteiger partial charge in [-0.25, -0.2) is 9.78 Å². The van der Waals surface area contributed by atoms with Crippen LogP contribution in [0.3, 0.4) is 0 Å². The lowest BCUT2D eigenvalue weighted by Crippen LogP contribution is -2.02. The maximum Gasteiger partial charge on any atom is 0.433 e. The maximum atomic E-state index is 11.9. The number of pyridine rings is 1. The quantitative estimate of drug-likeness (QED) is 0.206. The van der Waals surface area contributed by atoms with Gasteiger partial charge >= 0.3 is 11.9 Å². The smallest absolute Gasteiger partial charge is 0.433 e. The Labute approximate surface area is 159 Å². The average molecular weight is 387 g/mol. The third-order valence-electron chi connectivity index (χ3n) is 4.08. The number of nitrogens with zero attached hydrogens (tertiary/aromatic N) is 2. The Morgan fingerprint density at radius 2 is 2.11 bits per heavy atom. The van der Waals surface area contributed by atoms with Crippen LogP contribution in [0.1, 0.15) is 22.5 Å². The Kier molecular flexibility index (Phi) is 5.23. The number of hydrogen-bond donors (Lipinski definition) is 0. The van der Waals surface area contributed by atoms with Crippen molar-refractivity contribution < 1.29 is 18.9 Å². The molecule has 138 valence electrons. The van der Waals surface area contributed by atoms with Crippen molar-refractivity contribution in [3.8, 4) is 0 Å². The molecule has 8 heteroatoms. The van der Waals surface area contributed by atoms with E-state index < -0.39 is 16.8 Å². The van der Waals surface area contributed by atoms with Gasteiger partial charge in [0.2, 0.25) is 0 Å². The predicted molar refractivity (Wildman–Crippen MR) is 100 cm³/mol. The highest BCUT2D eigenvalue weighted by molar-refractivity contribution is 6.30. The molecule has 0 aliphatic carbocycles. The van der Waals surface area contributed by atoms with Gasteiger partial charge in [-0.05, 0) is 43.2 Å². The number of carbonyl (C=O) groups is 1. The van der Waals surface area contributed by atoms with Gasteiger partial charge in [0, 0.05) is 17.0 Å². The number of rotatable bonds is 5. The summed E-state index contributed by atoms with van der Waals surface area (Å²) in [6, 6.07) is 8.36. The number of aromatic nitrogens is 1. The summed E-state index contributed by atoms with van der Waals surface area (Å²) in [6.45, 7) is 3.93. The molecular weight excluding hydrogens is 372 g/mol. The number of furan rings is 1. The molecule has 1 aromatic carbocycles. The second-order valence-electron chi connectivity index (χ2n) is 5.89. The first-order chi connectivity index (χ1) is 12.8. The minimum Gasteiger partial charge on any atom is -0.458 e. The van der Waals surface area contributed by atoms with Gasteiger partial charge in [-0.1, -0.05) is 23.7 Å². The van der Waals surface area contributed by atoms with Crippen LogP contribution in [0.4, 0.5) is 5.88 Å². The van der Waals surface area contributed by atoms with E-state index in [9.17, 15) is 14.9 Å². The molecule has 0 amide bonds. The van der Waals surface area contributed by atoms with E-state index in [0.717, 1.165) is 28.1 Å². The Hall–Kier alpha value is -3.19. The highest BCUT2D eigenvalue weighted by atomic mass is 35.5. The molecule has 0 N–H and O–H groups in total. The molecule has 7 nitrogen and oxygen atoms in total. The highest BCUT2D eigenvalue weighted by Crippen LogP contribution is 2.25. The lowest BCUT2D eigenvalue weighted by molar-refractivity contribution is -0.402. The summed E-state index contributed by atoms with van der Waals surface area (Å²) in [5, 5.41) is 11.7. The number of nitro groups is 1. The molecule has 0 bridgehead atoms. The van der Waals surface area contributed by atoms with Crippen LogP contribution in [-0.4, -0.2) is 15.9 Å². The van der Waals surface area contributed by atoms with Crippen molar-refractivity contribution in [2.75, 3.05) is 0 Å². The van der Waals surface area contributed by atoms with Crippen molar-refractivity contribution in [1.29, 1.82) is 0 Å². The van der Waals surface area contributed by atoms with Gasteiger partial charge in [-0.15, -0.1) is 0 Å². The SMILES string of the molecule is Cc1ccc2cc(COC(=O)/C=C/c3ccc([N+](=O)[O-])o3)c(Cl)nc2c1C. The van der Waals surface area contributed by atoms with Gasteiger partial charge in [0.05, 0.1) is 11.6 Å². The molecule has 0 aliphatic rings. The third-order valence-corrected chi connectivity index (χ3v) is 4.41. The largest absolute Gasteiger partial charge is 0.458 e. The maximum absolute atomic E-state index is 11.9. The van der Waals surface area contributed by atoms with Crippen LogP contribution >= 0.6 is 11.6 Å². The van der Waals surface area contributed by atoms with Crippen molar-refractivity contribution in [2.45, 2.75) is 20.5 Å². The van der Waals surface area contributed by atoms with Crippen LogP contribution in [0, 0.1) is 24.0 Å². The van der Waals surface area contributed by atoms with Crippen molar-refractivity contribution in [3.63, 3.8) is 0 Å². The lowest BCUT2D eigenvalue weighted by Gasteiger charge is -2.09. The summed E-state index contributed by atoms with van der Waals surface area (Å²) in [6.07, 6.45) is 2.42. The number of fused-ring (bicyclic) bond motifs is 1. The summed E-state index contributed by atoms with van der Waals surface area (Å²) in [5.41, 5.74) is 3.57. The van der Waals surface area contributed by atoms with E-state index in [0.29, 0.717) is 5.56 Å². The zero-order valence-corrected chi connectivity index (χ0v) is 15.3. The van der Waals surface area contributed by atoms with Crippen LogP contribution in [0.2, 0.25) is 5.15 Å². The Morgan fingerprint density at radius 3 is 2.81 bits per heavy atom. The standard InChI is InChI=1S/C19H15ClN2O5/c1-11-3-4-13-9-14(19(20)21-18(13)12(11)2)10-26-17(23)8-6-15-5-7-16(27-15)22(24)25/h3-9H,10H2,1-2H3/b8-6+. The highest BCUT2D eigenvalue weighted by Gasteiger charge is 2.12. The number of hydrogen-bond acceptors (Lipinski definition) is 6. The number of halogens is 1. The van der Waals surface area contributed by atoms with Crippen LogP contribution < -0.4 is 0 Å². The van der Waals surface area contributed by atoms with Gasteiger partial charge in [0.25, 0.3) is 0 Å². The molecule has 0 saturated carbocycles. The van der Waals surface area contributed by atoms with Gasteiger partial charge in [0.15, 0.2) is 0 Å². The van der Waals surface area contributed by atoms with Gasteiger partial charge < -0.3 is 9.15 Å². The van der Waals surface area contributed by atoms with Crippen molar-refractivity contribution in [3.05, 3.63) is 74.1 Å². The average Bonchev–Trinajstić information content (AvgIpc) is 3.11. The first-order valence-electron chi connectivity index (χ1n) is 7.99. The van der Waals surface area contributed by atoms with Crippen LogP contribution in [-0.2, 0) is 16.1 Å². The molecule has 0 radical (unpaired) electrons. The van der Waals surface area contributed by atoms with E-state index in [1.54, 1.807) is 0 Å². The van der Waals surface area contributed by atoms with Crippen LogP contribution in [0.25, 0.3) is 17.0 Å². The molecule has 0 atom stereocenters. The summed E-state index contributed by atoms with van der Waals surface area (Å²) < 4.78 is 10.1. The van der Waals surface area contributed by atoms with E-state index in [1.165, 1.54) is 18.2 Å². The minimum atomic E-state index is -0.659. The normalized spacial score (nSPS) is 11.2. The Morgan fingerprint density at radius 1 is 1.33 bits per heavy atom. The molecule has 0 aliphatic heterocycles. The molecule has 0 unspecified atom stereocenters. The Balaban J connectivity index is 1.69. The van der Waals surface area contributed by atoms with Crippen molar-refractivity contribution in [1.82, 2.24) is 4.98 Å². The first-order valence-corrected chi connectivity index (χ1v) is 8.37. The second kappa shape index (κ2) is 7.59. The van der Waals surface area contributed by atoms with Crippen LogP contribution in [0.15, 0.2) is 40.8 Å². The third kappa shape index (κ3) is 4.15. The van der Waals surface area contributed by atoms with E-state index in [1.807, 2.05) is 32.0 Å². The zero-order chi connectivity index (χ0) is 19.6. The molecule has 2 aromatic heterocycles. The number of carbonyl (C=O) groups excluding carboxylic acids is 1. The summed E-state index contributed by atoms with van der Waals surface area (Å²) in [7, 11) is 0. The lowest BCUT2D eigenvalue weighted by atomic mass is 10.0. The molecule has 0 fully saturated rings. The molecular formula is C19H15ClN2O5. The monoisotopic (exact) mass is 386 g/mol. The summed E-state index contributed by atoms with van der Waals surface area (Å²) >= 11 is 6.22. The molecule has 0 spiro atoms. The minimum absolute atomic E-state index is 0.0455. The van der Waals surface area contributed by atoms with E-state index in [2.05, 4.69) is 4.98 Å². The summed E-state index contributed by atoms with van der Waals surface area (Å²) in [4.78, 5) is 26.2. The number of benzene rings is 1. The Bertz CT molecular complexity index is 1070. The molecule has 27 heavy (non-hydrogen) atoms. The number of esters is 1. The first kappa shape index (κ1) is 18.6. The topological polar surface area (TPSA) is 95.5 Å². The number of ether oxygens (including phenoxy) is 1. The van der Waals surface area contributed by atoms with Crippen LogP contribution in [0.5, 0.6) is 0 Å². The van der Waals surface area contributed by atoms with E-state index in [-0.39, 0.29) is 17.5 Å². The fraction of sp³-hybridized carbons (Fsp3) is 0.158. The van der Waals surface area contributed by atoms with Gasteiger partial charge in [0.1, 0.15) is 22.4 Å². The van der Waals surface area contributed by atoms with Crippen molar-refractivity contribution in [2.24, 2.45) is 0 Å². The molecule has 3 aromatic rings. The zero-order valence-electron chi connectivity index (χ0n) is 14.6. The second-order valence-corrected chi connectivity index (χ2v) is 6.25. The molecule has 0 saturated heterocycles. The van der Waals surface area contributed by atoms with E-state index in [4.69, 9.17) is 20.8 Å². The van der Waals surface area contributed by atoms with E-state index >= 15 is 0 Å². The fourth-order valence-electron chi connectivity index (χ4n) is 2.48. The van der Waals surface area contributed by atoms with Gasteiger partial charge in [-0.2, -0.15) is 0 Å². The summed E-state index contributed by atoms with van der Waals surface area (Å²) in [5.74, 6) is -0.859. The molecule has 2 heterocycles. The fourth-order valence-corrected chi connectivity index (χ4v) is 2.68. The van der Waals surface area contributed by atoms with Gasteiger partial charge in [-0.3, -0.25) is 10.1 Å². The molecule has 3 rings (SSSR count). The predicted octanol–water partition coefficient (Wildman–Crippen LogP) is 4.76. The number of aryl methyl sites for hydroxylation is 2. The van der Waals surface area contributed by atoms with Crippen molar-refractivity contribution >= 4 is 40.4 Å².